The predicted octanol–water partition coefficient (Wildman–Crippen LogP) is 5.83. The Balaban J connectivity index is 0.000000718. The maximum absolute atomic E-state index is 14.0. The van der Waals surface area contributed by atoms with Crippen LogP contribution in [-0.4, -0.2) is 62.9 Å². The molecular formula is C31H48Cl2FN5O3. The van der Waals surface area contributed by atoms with E-state index in [0.717, 1.165) is 12.0 Å². The molecule has 11 heteroatoms. The molecule has 1 heterocycles. The van der Waals surface area contributed by atoms with Crippen LogP contribution in [0.15, 0.2) is 36.4 Å². The minimum absolute atomic E-state index is 0.0384. The lowest BCUT2D eigenvalue weighted by atomic mass is 10.0. The summed E-state index contributed by atoms with van der Waals surface area (Å²) in [5, 5.41) is 12.1. The lowest BCUT2D eigenvalue weighted by Gasteiger charge is -2.35. The van der Waals surface area contributed by atoms with E-state index in [1.54, 1.807) is 29.2 Å². The first-order chi connectivity index (χ1) is 19.7. The third-order valence-electron chi connectivity index (χ3n) is 5.50. The Morgan fingerprint density at radius 3 is 2.12 bits per heavy atom. The fourth-order valence-corrected chi connectivity index (χ4v) is 3.49. The molecule has 4 N–H and O–H groups in total. The van der Waals surface area contributed by atoms with Gasteiger partial charge in [-0.15, -0.1) is 0 Å². The molecule has 0 bridgehead atoms. The summed E-state index contributed by atoms with van der Waals surface area (Å²) in [5.74, 6) is -0.415. The van der Waals surface area contributed by atoms with Crippen molar-refractivity contribution in [1.82, 2.24) is 20.9 Å². The summed E-state index contributed by atoms with van der Waals surface area (Å²) in [6.07, 6.45) is 2.05. The minimum atomic E-state index is -0.377. The van der Waals surface area contributed by atoms with Crippen molar-refractivity contribution >= 4 is 48.1 Å². The lowest BCUT2D eigenvalue weighted by molar-refractivity contribution is -0.124. The summed E-state index contributed by atoms with van der Waals surface area (Å²) in [5.41, 5.74) is 2.63. The second kappa shape index (κ2) is 21.0. The van der Waals surface area contributed by atoms with Crippen LogP contribution >= 0.6 is 23.2 Å². The van der Waals surface area contributed by atoms with Gasteiger partial charge in [0.25, 0.3) is 0 Å². The van der Waals surface area contributed by atoms with E-state index in [4.69, 9.17) is 23.2 Å². The highest BCUT2D eigenvalue weighted by molar-refractivity contribution is 6.31. The van der Waals surface area contributed by atoms with Gasteiger partial charge in [-0.2, -0.15) is 0 Å². The van der Waals surface area contributed by atoms with Crippen molar-refractivity contribution in [3.63, 3.8) is 0 Å². The normalized spacial score (nSPS) is 13.1. The first kappa shape index (κ1) is 39.3. The SMILES string of the molecule is CC(C)(C)C.CC(CNCc1ccc(Cl)cc1NC=O)c1cccc(Cl)c1F.CNC(C)C.O=CNC1CN(C=O)C1. The van der Waals surface area contributed by atoms with Crippen LogP contribution in [0.5, 0.6) is 0 Å². The zero-order chi connectivity index (χ0) is 32.3. The highest BCUT2D eigenvalue weighted by Gasteiger charge is 2.23. The van der Waals surface area contributed by atoms with Crippen molar-refractivity contribution in [3.05, 3.63) is 63.4 Å². The number of rotatable bonds is 11. The van der Waals surface area contributed by atoms with Gasteiger partial charge >= 0.3 is 0 Å². The van der Waals surface area contributed by atoms with Crippen molar-refractivity contribution in [2.75, 3.05) is 32.0 Å². The zero-order valence-electron chi connectivity index (χ0n) is 26.1. The molecular weight excluding hydrogens is 580 g/mol. The molecule has 42 heavy (non-hydrogen) atoms. The monoisotopic (exact) mass is 627 g/mol. The van der Waals surface area contributed by atoms with E-state index >= 15 is 0 Å². The van der Waals surface area contributed by atoms with E-state index in [1.807, 2.05) is 20.0 Å². The number of nitrogens with zero attached hydrogens (tertiary/aromatic N) is 1. The molecule has 3 rings (SSSR count). The van der Waals surface area contributed by atoms with Crippen LogP contribution in [0, 0.1) is 11.2 Å². The molecule has 2 aromatic carbocycles. The number of carbonyl (C=O) groups excluding carboxylic acids is 3. The van der Waals surface area contributed by atoms with Gasteiger partial charge in [-0.25, -0.2) is 4.39 Å². The summed E-state index contributed by atoms with van der Waals surface area (Å²) in [7, 11) is 1.95. The number of halogens is 3. The molecule has 1 unspecified atom stereocenters. The molecule has 0 spiro atoms. The number of hydrogen-bond acceptors (Lipinski definition) is 5. The Labute approximate surface area is 261 Å². The number of carbonyl (C=O) groups is 3. The van der Waals surface area contributed by atoms with Crippen LogP contribution in [0.4, 0.5) is 10.1 Å². The molecule has 0 saturated carbocycles. The van der Waals surface area contributed by atoms with Crippen molar-refractivity contribution in [2.24, 2.45) is 5.41 Å². The van der Waals surface area contributed by atoms with Gasteiger partial charge < -0.3 is 26.2 Å². The van der Waals surface area contributed by atoms with E-state index in [-0.39, 0.29) is 22.8 Å². The molecule has 0 aromatic heterocycles. The Bertz CT molecular complexity index is 1070. The van der Waals surface area contributed by atoms with Gasteiger partial charge in [0, 0.05) is 42.9 Å². The van der Waals surface area contributed by atoms with Crippen molar-refractivity contribution < 1.29 is 18.8 Å². The third kappa shape index (κ3) is 18.0. The number of nitrogens with one attached hydrogen (secondary N) is 4. The van der Waals surface area contributed by atoms with E-state index in [9.17, 15) is 18.8 Å². The summed E-state index contributed by atoms with van der Waals surface area (Å²) in [4.78, 5) is 32.0. The van der Waals surface area contributed by atoms with Gasteiger partial charge in [-0.05, 0) is 47.7 Å². The molecule has 1 aliphatic heterocycles. The van der Waals surface area contributed by atoms with E-state index in [1.165, 1.54) is 6.07 Å². The molecule has 2 aromatic rings. The second-order valence-corrected chi connectivity index (χ2v) is 12.6. The van der Waals surface area contributed by atoms with E-state index in [0.29, 0.717) is 66.7 Å². The van der Waals surface area contributed by atoms with Crippen LogP contribution in [0.3, 0.4) is 0 Å². The third-order valence-corrected chi connectivity index (χ3v) is 6.03. The fraction of sp³-hybridized carbons (Fsp3) is 0.516. The zero-order valence-corrected chi connectivity index (χ0v) is 27.6. The maximum Gasteiger partial charge on any atom is 0.211 e. The average Bonchev–Trinajstić information content (AvgIpc) is 2.88. The van der Waals surface area contributed by atoms with Crippen molar-refractivity contribution in [1.29, 1.82) is 0 Å². The topological polar surface area (TPSA) is 103 Å². The van der Waals surface area contributed by atoms with Crippen molar-refractivity contribution in [3.8, 4) is 0 Å². The van der Waals surface area contributed by atoms with Crippen LogP contribution in [0.2, 0.25) is 10.0 Å². The van der Waals surface area contributed by atoms with Crippen LogP contribution in [0.25, 0.3) is 0 Å². The highest BCUT2D eigenvalue weighted by Crippen LogP contribution is 2.25. The summed E-state index contributed by atoms with van der Waals surface area (Å²) in [6, 6.07) is 11.1. The molecule has 0 aliphatic carbocycles. The van der Waals surface area contributed by atoms with Gasteiger partial charge in [0.05, 0.1) is 11.1 Å². The lowest BCUT2D eigenvalue weighted by Crippen LogP contribution is -2.56. The highest BCUT2D eigenvalue weighted by atomic mass is 35.5. The number of amides is 3. The smallest absolute Gasteiger partial charge is 0.211 e. The second-order valence-electron chi connectivity index (χ2n) is 11.7. The number of hydrogen-bond donors (Lipinski definition) is 4. The molecule has 8 nitrogen and oxygen atoms in total. The van der Waals surface area contributed by atoms with Gasteiger partial charge in [0.15, 0.2) is 0 Å². The van der Waals surface area contributed by atoms with Gasteiger partial charge in [0.1, 0.15) is 5.82 Å². The quantitative estimate of drug-likeness (QED) is 0.235. The predicted molar refractivity (Wildman–Crippen MR) is 173 cm³/mol. The summed E-state index contributed by atoms with van der Waals surface area (Å²) >= 11 is 11.7. The van der Waals surface area contributed by atoms with E-state index in [2.05, 4.69) is 62.8 Å². The molecule has 1 atom stereocenters. The summed E-state index contributed by atoms with van der Waals surface area (Å²) in [6.45, 7) is 17.3. The first-order valence-corrected chi connectivity index (χ1v) is 14.6. The standard InChI is InChI=1S/C17H17Cl2FN2O.C5H8N2O2.C5H12.C4H11N/c1-11(14-3-2-4-15(19)17(14)20)8-21-9-12-5-6-13(18)7-16(12)22-10-23;8-3-6-5-1-7(2-5)4-9;1-5(2,3)4;1-4(2)5-3/h2-7,10-11,21H,8-9H2,1H3,(H,22,23);3-5H,1-2H2,(H,6,8);1-4H3;4-5H,1-3H3. The van der Waals surface area contributed by atoms with Crippen LogP contribution < -0.4 is 21.3 Å². The largest absolute Gasteiger partial charge is 0.352 e. The fourth-order valence-electron chi connectivity index (χ4n) is 3.14. The molecule has 0 radical (unpaired) electrons. The van der Waals surface area contributed by atoms with Crippen molar-refractivity contribution in [2.45, 2.75) is 73.0 Å². The molecule has 236 valence electrons. The van der Waals surface area contributed by atoms with Gasteiger partial charge in [0.2, 0.25) is 19.2 Å². The van der Waals surface area contributed by atoms with Gasteiger partial charge in [-0.1, -0.05) is 89.9 Å². The van der Waals surface area contributed by atoms with E-state index < -0.39 is 0 Å². The summed E-state index contributed by atoms with van der Waals surface area (Å²) < 4.78 is 14.0. The first-order valence-electron chi connectivity index (χ1n) is 13.9. The Hall–Kier alpha value is -2.72. The Morgan fingerprint density at radius 2 is 1.62 bits per heavy atom. The molecule has 1 aliphatic rings. The molecule has 1 saturated heterocycles. The number of benzene rings is 2. The maximum atomic E-state index is 14.0. The molecule has 1 fully saturated rings. The number of likely N-dealkylation sites (tertiary alicyclic amines) is 1. The Kier molecular flexibility index (Phi) is 19.7. The number of anilines is 1. The van der Waals surface area contributed by atoms with Crippen LogP contribution in [-0.2, 0) is 20.9 Å². The minimum Gasteiger partial charge on any atom is -0.352 e. The van der Waals surface area contributed by atoms with Gasteiger partial charge in [-0.3, -0.25) is 14.4 Å². The Morgan fingerprint density at radius 1 is 1.02 bits per heavy atom. The van der Waals surface area contributed by atoms with Crippen LogP contribution in [0.1, 0.15) is 65.5 Å². The average molecular weight is 629 g/mol. The molecule has 3 amide bonds.